The number of amides is 1. The number of ketones is 1. The van der Waals surface area contributed by atoms with Crippen LogP contribution in [0.4, 0.5) is 14.4 Å². The van der Waals surface area contributed by atoms with Crippen molar-refractivity contribution >= 4 is 24.2 Å². The molecule has 2 heterocycles. The van der Waals surface area contributed by atoms with Crippen LogP contribution in [0.25, 0.3) is 0 Å². The molecule has 2 aliphatic heterocycles. The Morgan fingerprint density at radius 2 is 1.69 bits per heavy atom. The summed E-state index contributed by atoms with van der Waals surface area (Å²) in [6.07, 6.45) is 1.41. The van der Waals surface area contributed by atoms with Gasteiger partial charge in [0.05, 0.1) is 11.5 Å². The first-order valence-electron chi connectivity index (χ1n) is 12.6. The molecule has 11 heteroatoms. The molecule has 5 rings (SSSR count). The highest BCUT2D eigenvalue weighted by molar-refractivity contribution is 5.91. The number of ether oxygens (including phenoxy) is 6. The monoisotopic (exact) mass is 539 g/mol. The van der Waals surface area contributed by atoms with Gasteiger partial charge in [0.1, 0.15) is 19.8 Å². The van der Waals surface area contributed by atoms with Gasteiger partial charge < -0.3 is 33.3 Å². The summed E-state index contributed by atoms with van der Waals surface area (Å²) in [7, 11) is 0. The lowest BCUT2D eigenvalue weighted by atomic mass is 9.49. The highest BCUT2D eigenvalue weighted by Crippen LogP contribution is 2.66. The number of nitrogens with zero attached hydrogens (tertiary/aromatic N) is 1. The molecule has 39 heavy (non-hydrogen) atoms. The average Bonchev–Trinajstić information content (AvgIpc) is 3.28. The maximum atomic E-state index is 13.4. The molecule has 1 spiro atoms. The largest absolute Gasteiger partial charge is 0.514 e. The van der Waals surface area contributed by atoms with E-state index in [1.807, 2.05) is 0 Å². The van der Waals surface area contributed by atoms with Crippen molar-refractivity contribution in [2.45, 2.75) is 48.8 Å². The van der Waals surface area contributed by atoms with Crippen LogP contribution in [-0.2, 0) is 35.6 Å². The van der Waals surface area contributed by atoms with E-state index in [1.165, 1.54) is 18.2 Å². The van der Waals surface area contributed by atoms with Crippen LogP contribution >= 0.6 is 0 Å². The summed E-state index contributed by atoms with van der Waals surface area (Å²) in [5.41, 5.74) is -1.13. The van der Waals surface area contributed by atoms with Crippen LogP contribution in [0.2, 0.25) is 0 Å². The molecule has 4 aliphatic rings. The Labute approximate surface area is 224 Å². The van der Waals surface area contributed by atoms with Crippen molar-refractivity contribution in [3.05, 3.63) is 61.2 Å². The Balaban J connectivity index is 1.65. The molecule has 4 atom stereocenters. The molecule has 2 aliphatic carbocycles. The van der Waals surface area contributed by atoms with Gasteiger partial charge in [0.15, 0.2) is 29.0 Å². The summed E-state index contributed by atoms with van der Waals surface area (Å²) < 4.78 is 33.4. The van der Waals surface area contributed by atoms with Gasteiger partial charge in [0, 0.05) is 18.5 Å². The Morgan fingerprint density at radius 1 is 1.00 bits per heavy atom. The van der Waals surface area contributed by atoms with Crippen LogP contribution in [0.1, 0.15) is 30.4 Å². The quantitative estimate of drug-likeness (QED) is 0.208. The van der Waals surface area contributed by atoms with Crippen molar-refractivity contribution in [3.63, 3.8) is 0 Å². The lowest BCUT2D eigenvalue weighted by Gasteiger charge is -2.62. The third kappa shape index (κ3) is 3.95. The van der Waals surface area contributed by atoms with Crippen molar-refractivity contribution in [3.8, 4) is 11.5 Å². The van der Waals surface area contributed by atoms with Crippen molar-refractivity contribution < 1.29 is 47.6 Å². The Morgan fingerprint density at radius 3 is 2.41 bits per heavy atom. The maximum Gasteiger partial charge on any atom is 0.514 e. The van der Waals surface area contributed by atoms with Gasteiger partial charge in [-0.25, -0.2) is 14.4 Å². The van der Waals surface area contributed by atoms with Crippen LogP contribution in [0.15, 0.2) is 50.1 Å². The fraction of sp³-hybridized carbons (Fsp3) is 0.429. The van der Waals surface area contributed by atoms with Gasteiger partial charge in [-0.1, -0.05) is 44.0 Å². The fourth-order valence-corrected chi connectivity index (χ4v) is 6.56. The highest BCUT2D eigenvalue weighted by Gasteiger charge is 2.76. The third-order valence-electron chi connectivity index (χ3n) is 7.86. The SMILES string of the molecule is C=CCOC(=O)Oc1ccc2c3c1O[C@H]1C(=O)CCC4(OC(=O)OCC=C)[C@@H](C2)N(C(=O)OCC=C)CC[C@]314. The van der Waals surface area contributed by atoms with Crippen molar-refractivity contribution in [1.82, 2.24) is 4.90 Å². The van der Waals surface area contributed by atoms with E-state index in [0.29, 0.717) is 5.56 Å². The molecule has 1 aromatic carbocycles. The number of hydrogen-bond acceptors (Lipinski definition) is 10. The summed E-state index contributed by atoms with van der Waals surface area (Å²) in [5, 5.41) is 0. The first-order chi connectivity index (χ1) is 18.8. The second-order valence-electron chi connectivity index (χ2n) is 9.68. The zero-order chi connectivity index (χ0) is 27.8. The number of carbonyl (C=O) groups excluding carboxylic acids is 4. The third-order valence-corrected chi connectivity index (χ3v) is 7.86. The number of piperidine rings is 1. The van der Waals surface area contributed by atoms with Crippen LogP contribution in [0, 0.1) is 0 Å². The summed E-state index contributed by atoms with van der Waals surface area (Å²) >= 11 is 0. The predicted octanol–water partition coefficient (Wildman–Crippen LogP) is 3.78. The number of likely N-dealkylation sites (tertiary alicyclic amines) is 1. The van der Waals surface area contributed by atoms with Gasteiger partial charge >= 0.3 is 18.4 Å². The molecule has 2 fully saturated rings. The number of benzene rings is 1. The second kappa shape index (κ2) is 10.1. The number of carbonyl (C=O) groups is 4. The van der Waals surface area contributed by atoms with Gasteiger partial charge in [-0.2, -0.15) is 0 Å². The van der Waals surface area contributed by atoms with Crippen molar-refractivity contribution in [2.24, 2.45) is 0 Å². The molecule has 1 aromatic rings. The smallest absolute Gasteiger partial charge is 0.477 e. The average molecular weight is 540 g/mol. The van der Waals surface area contributed by atoms with Gasteiger partial charge in [-0.15, -0.1) is 0 Å². The normalized spacial score (nSPS) is 27.3. The molecule has 0 radical (unpaired) electrons. The Bertz CT molecular complexity index is 1260. The van der Waals surface area contributed by atoms with Crippen LogP contribution < -0.4 is 9.47 Å². The minimum absolute atomic E-state index is 0.00996. The molecular formula is C28H29NO10. The van der Waals surface area contributed by atoms with Crippen molar-refractivity contribution in [2.75, 3.05) is 26.4 Å². The molecule has 206 valence electrons. The summed E-state index contributed by atoms with van der Waals surface area (Å²) in [4.78, 5) is 53.3. The van der Waals surface area contributed by atoms with E-state index in [9.17, 15) is 19.2 Å². The molecule has 2 bridgehead atoms. The van der Waals surface area contributed by atoms with E-state index in [4.69, 9.17) is 28.4 Å². The molecule has 1 unspecified atom stereocenters. The van der Waals surface area contributed by atoms with Gasteiger partial charge in [-0.3, -0.25) is 4.79 Å². The van der Waals surface area contributed by atoms with Crippen LogP contribution in [0.3, 0.4) is 0 Å². The summed E-state index contributed by atoms with van der Waals surface area (Å²) in [5.74, 6) is 0.116. The summed E-state index contributed by atoms with van der Waals surface area (Å²) in [6.45, 7) is 10.8. The van der Waals surface area contributed by atoms with E-state index >= 15 is 0 Å². The van der Waals surface area contributed by atoms with E-state index in [1.54, 1.807) is 17.0 Å². The maximum absolute atomic E-state index is 13.4. The minimum Gasteiger partial charge on any atom is -0.477 e. The summed E-state index contributed by atoms with van der Waals surface area (Å²) in [6, 6.07) is 2.64. The van der Waals surface area contributed by atoms with Crippen molar-refractivity contribution in [1.29, 1.82) is 0 Å². The Hall–Kier alpha value is -4.28. The van der Waals surface area contributed by atoms with Crippen LogP contribution in [0.5, 0.6) is 11.5 Å². The number of rotatable bonds is 8. The van der Waals surface area contributed by atoms with E-state index in [0.717, 1.165) is 5.56 Å². The van der Waals surface area contributed by atoms with Crippen LogP contribution in [-0.4, -0.2) is 73.2 Å². The van der Waals surface area contributed by atoms with E-state index in [-0.39, 0.29) is 69.3 Å². The minimum atomic E-state index is -1.38. The van der Waals surface area contributed by atoms with Gasteiger partial charge in [-0.05, 0) is 30.9 Å². The highest BCUT2D eigenvalue weighted by atomic mass is 16.7. The first-order valence-corrected chi connectivity index (χ1v) is 12.6. The van der Waals surface area contributed by atoms with Gasteiger partial charge in [0.2, 0.25) is 0 Å². The molecule has 1 amide bonds. The lowest BCUT2D eigenvalue weighted by Crippen LogP contribution is -2.78. The topological polar surface area (TPSA) is 127 Å². The van der Waals surface area contributed by atoms with Gasteiger partial charge in [0.25, 0.3) is 0 Å². The molecule has 1 saturated carbocycles. The first kappa shape index (κ1) is 26.3. The zero-order valence-corrected chi connectivity index (χ0v) is 21.3. The second-order valence-corrected chi connectivity index (χ2v) is 9.68. The van der Waals surface area contributed by atoms with E-state index < -0.39 is 41.6 Å². The zero-order valence-electron chi connectivity index (χ0n) is 21.3. The molecule has 1 saturated heterocycles. The lowest BCUT2D eigenvalue weighted by molar-refractivity contribution is -0.191. The molecule has 0 N–H and O–H groups in total. The standard InChI is InChI=1S/C28H29NO10/c1-4-13-34-24(31)29-12-11-27-21-17-7-8-19(37-25(32)35-14-5-2)22(21)38-23(27)18(30)9-10-28(27,20(29)16-17)39-26(33)36-15-6-3/h4-8,20,23H,1-3,9-16H2/t20-,23+,27+,28?/m1/s1. The molecular weight excluding hydrogens is 510 g/mol. The molecule has 11 nitrogen and oxygen atoms in total. The predicted molar refractivity (Wildman–Crippen MR) is 135 cm³/mol. The number of Topliss-reactive ketones (excluding diaryl/α,β-unsaturated/α-hetero) is 1. The fourth-order valence-electron chi connectivity index (χ4n) is 6.56. The van der Waals surface area contributed by atoms with E-state index in [2.05, 4.69) is 19.7 Å². The number of hydrogen-bond donors (Lipinski definition) is 0. The Kier molecular flexibility index (Phi) is 6.83. The molecule has 0 aromatic heterocycles.